The van der Waals surface area contributed by atoms with E-state index in [0.29, 0.717) is 55.0 Å². The molecule has 0 radical (unpaired) electrons. The van der Waals surface area contributed by atoms with Gasteiger partial charge in [0.05, 0.1) is 14.2 Å². The molecule has 3 rings (SSSR count). The Kier molecular flexibility index (Phi) is 7.43. The van der Waals surface area contributed by atoms with Gasteiger partial charge in [-0.05, 0) is 24.5 Å². The number of benzene rings is 1. The number of ether oxygens (including phenoxy) is 2. The molecule has 31 heavy (non-hydrogen) atoms. The highest BCUT2D eigenvalue weighted by molar-refractivity contribution is 7.85. The highest BCUT2D eigenvalue weighted by Gasteiger charge is 2.34. The van der Waals surface area contributed by atoms with Gasteiger partial charge >= 0.3 is 0 Å². The predicted molar refractivity (Wildman–Crippen MR) is 117 cm³/mol. The quantitative estimate of drug-likeness (QED) is 0.594. The van der Waals surface area contributed by atoms with E-state index in [1.54, 1.807) is 11.8 Å². The minimum atomic E-state index is -0.797. The minimum absolute atomic E-state index is 0.0614. The molecule has 0 bridgehead atoms. The molecule has 0 spiro atoms. The third-order valence-corrected chi connectivity index (χ3v) is 6.93. The van der Waals surface area contributed by atoms with Gasteiger partial charge in [-0.2, -0.15) is 0 Å². The van der Waals surface area contributed by atoms with Gasteiger partial charge in [0, 0.05) is 59.4 Å². The van der Waals surface area contributed by atoms with Crippen LogP contribution in [0.4, 0.5) is 0 Å². The van der Waals surface area contributed by atoms with E-state index in [4.69, 9.17) is 9.47 Å². The third kappa shape index (κ3) is 5.12. The highest BCUT2D eigenvalue weighted by atomic mass is 32.2. The SMILES string of the molecule is COC1=C(OC)C(=O)C(Cc2ccc(CCC(=O)N3CCS(=O)CC3)cc2)=C(C)C1=O. The maximum atomic E-state index is 12.8. The van der Waals surface area contributed by atoms with Crippen LogP contribution < -0.4 is 0 Å². The fourth-order valence-electron chi connectivity index (χ4n) is 3.73. The van der Waals surface area contributed by atoms with Gasteiger partial charge in [-0.1, -0.05) is 24.3 Å². The van der Waals surface area contributed by atoms with E-state index in [9.17, 15) is 18.6 Å². The van der Waals surface area contributed by atoms with Crippen molar-refractivity contribution in [3.8, 4) is 0 Å². The van der Waals surface area contributed by atoms with Gasteiger partial charge < -0.3 is 14.4 Å². The molecule has 1 fully saturated rings. The lowest BCUT2D eigenvalue weighted by Gasteiger charge is -2.26. The van der Waals surface area contributed by atoms with E-state index < -0.39 is 10.8 Å². The van der Waals surface area contributed by atoms with Crippen LogP contribution in [0.15, 0.2) is 46.9 Å². The van der Waals surface area contributed by atoms with Crippen molar-refractivity contribution in [3.05, 3.63) is 58.1 Å². The number of carbonyl (C=O) groups excluding carboxylic acids is 3. The van der Waals surface area contributed by atoms with Crippen LogP contribution in [-0.4, -0.2) is 65.4 Å². The fraction of sp³-hybridized carbons (Fsp3) is 0.435. The molecule has 1 heterocycles. The predicted octanol–water partition coefficient (Wildman–Crippen LogP) is 1.73. The lowest BCUT2D eigenvalue weighted by atomic mass is 9.88. The smallest absolute Gasteiger partial charge is 0.228 e. The van der Waals surface area contributed by atoms with Crippen LogP contribution in [0.25, 0.3) is 0 Å². The number of Topliss-reactive ketones (excluding diaryl/α,β-unsaturated/α-hetero) is 2. The van der Waals surface area contributed by atoms with Crippen LogP contribution in [0.1, 0.15) is 24.5 Å². The Morgan fingerprint density at radius 1 is 0.968 bits per heavy atom. The number of allylic oxidation sites excluding steroid dienone is 2. The number of hydrogen-bond acceptors (Lipinski definition) is 6. The number of hydrogen-bond donors (Lipinski definition) is 0. The first kappa shape index (κ1) is 22.9. The lowest BCUT2D eigenvalue weighted by molar-refractivity contribution is -0.130. The van der Waals surface area contributed by atoms with Crippen LogP contribution in [0.5, 0.6) is 0 Å². The molecule has 1 aliphatic heterocycles. The number of nitrogens with zero attached hydrogens (tertiary/aromatic N) is 1. The normalized spacial score (nSPS) is 18.0. The van der Waals surface area contributed by atoms with Crippen LogP contribution in [0.3, 0.4) is 0 Å². The molecule has 0 atom stereocenters. The van der Waals surface area contributed by atoms with E-state index >= 15 is 0 Å². The Labute approximate surface area is 184 Å². The molecule has 1 saturated heterocycles. The fourth-order valence-corrected chi connectivity index (χ4v) is 4.78. The summed E-state index contributed by atoms with van der Waals surface area (Å²) in [6.45, 7) is 2.75. The van der Waals surface area contributed by atoms with Gasteiger partial charge in [0.1, 0.15) is 0 Å². The Balaban J connectivity index is 1.62. The summed E-state index contributed by atoms with van der Waals surface area (Å²) in [5.74, 6) is 0.393. The van der Waals surface area contributed by atoms with Gasteiger partial charge in [0.15, 0.2) is 0 Å². The molecule has 1 aromatic rings. The Bertz CT molecular complexity index is 966. The highest BCUT2D eigenvalue weighted by Crippen LogP contribution is 2.28. The van der Waals surface area contributed by atoms with Gasteiger partial charge in [-0.3, -0.25) is 18.6 Å². The molecular weight excluding hydrogens is 418 g/mol. The monoisotopic (exact) mass is 445 g/mol. The van der Waals surface area contributed by atoms with Crippen molar-refractivity contribution < 1.29 is 28.1 Å². The Hall–Kier alpha value is -2.74. The third-order valence-electron chi connectivity index (χ3n) is 5.66. The number of methoxy groups -OCH3 is 2. The summed E-state index contributed by atoms with van der Waals surface area (Å²) in [5, 5.41) is 0. The number of rotatable bonds is 7. The maximum absolute atomic E-state index is 12.8. The van der Waals surface area contributed by atoms with Gasteiger partial charge in [-0.25, -0.2) is 0 Å². The summed E-state index contributed by atoms with van der Waals surface area (Å²) in [4.78, 5) is 39.4. The molecule has 0 aromatic heterocycles. The summed E-state index contributed by atoms with van der Waals surface area (Å²) in [6.07, 6.45) is 1.33. The first-order chi connectivity index (χ1) is 14.8. The summed E-state index contributed by atoms with van der Waals surface area (Å²) in [6, 6.07) is 7.69. The van der Waals surface area contributed by atoms with Crippen molar-refractivity contribution in [1.29, 1.82) is 0 Å². The number of aryl methyl sites for hydroxylation is 1. The second kappa shape index (κ2) is 10.0. The zero-order chi connectivity index (χ0) is 22.5. The van der Waals surface area contributed by atoms with Crippen molar-refractivity contribution in [2.75, 3.05) is 38.8 Å². The Morgan fingerprint density at radius 2 is 1.52 bits per heavy atom. The van der Waals surface area contributed by atoms with E-state index in [0.717, 1.165) is 11.1 Å². The van der Waals surface area contributed by atoms with Crippen molar-refractivity contribution in [2.24, 2.45) is 0 Å². The van der Waals surface area contributed by atoms with Gasteiger partial charge in [-0.15, -0.1) is 0 Å². The number of carbonyl (C=O) groups is 3. The average molecular weight is 446 g/mol. The molecule has 7 nitrogen and oxygen atoms in total. The molecule has 0 N–H and O–H groups in total. The van der Waals surface area contributed by atoms with Gasteiger partial charge in [0.2, 0.25) is 29.0 Å². The zero-order valence-corrected chi connectivity index (χ0v) is 18.9. The number of ketones is 2. The molecule has 1 amide bonds. The van der Waals surface area contributed by atoms with E-state index in [-0.39, 0.29) is 29.0 Å². The first-order valence-electron chi connectivity index (χ1n) is 10.2. The van der Waals surface area contributed by atoms with Crippen LogP contribution in [0, 0.1) is 0 Å². The van der Waals surface area contributed by atoms with Crippen LogP contribution in [0.2, 0.25) is 0 Å². The molecule has 1 aromatic carbocycles. The number of amides is 1. The van der Waals surface area contributed by atoms with E-state index in [2.05, 4.69) is 0 Å². The lowest BCUT2D eigenvalue weighted by Crippen LogP contribution is -2.41. The topological polar surface area (TPSA) is 90.0 Å². The van der Waals surface area contributed by atoms with Crippen molar-refractivity contribution in [1.82, 2.24) is 4.90 Å². The van der Waals surface area contributed by atoms with Crippen molar-refractivity contribution in [2.45, 2.75) is 26.2 Å². The zero-order valence-electron chi connectivity index (χ0n) is 18.1. The first-order valence-corrected chi connectivity index (χ1v) is 11.7. The molecule has 8 heteroatoms. The molecular formula is C23H27NO6S. The Morgan fingerprint density at radius 3 is 2.10 bits per heavy atom. The summed E-state index contributed by atoms with van der Waals surface area (Å²) in [7, 11) is 1.89. The standard InChI is InChI=1S/C23H27NO6S/c1-15-18(21(27)23(30-3)22(29-2)20(15)26)14-17-6-4-16(5-7-17)8-9-19(25)24-10-12-31(28)13-11-24/h4-7H,8-14H2,1-3H3. The van der Waals surface area contributed by atoms with E-state index in [1.165, 1.54) is 14.2 Å². The summed E-state index contributed by atoms with van der Waals surface area (Å²) < 4.78 is 21.6. The van der Waals surface area contributed by atoms with Crippen LogP contribution >= 0.6 is 0 Å². The van der Waals surface area contributed by atoms with Crippen LogP contribution in [-0.2, 0) is 47.5 Å². The average Bonchev–Trinajstić information content (AvgIpc) is 2.78. The maximum Gasteiger partial charge on any atom is 0.228 e. The second-order valence-corrected chi connectivity index (χ2v) is 9.25. The summed E-state index contributed by atoms with van der Waals surface area (Å²) >= 11 is 0. The second-order valence-electron chi connectivity index (χ2n) is 7.55. The molecule has 166 valence electrons. The molecule has 0 unspecified atom stereocenters. The molecule has 1 aliphatic carbocycles. The minimum Gasteiger partial charge on any atom is -0.489 e. The molecule has 0 saturated carbocycles. The van der Waals surface area contributed by atoms with Crippen molar-refractivity contribution in [3.63, 3.8) is 0 Å². The molecule has 2 aliphatic rings. The van der Waals surface area contributed by atoms with Crippen molar-refractivity contribution >= 4 is 28.3 Å². The van der Waals surface area contributed by atoms with E-state index in [1.807, 2.05) is 24.3 Å². The van der Waals surface area contributed by atoms with Gasteiger partial charge in [0.25, 0.3) is 0 Å². The largest absolute Gasteiger partial charge is 0.489 e. The summed E-state index contributed by atoms with van der Waals surface area (Å²) in [5.41, 5.74) is 2.67.